The molecule has 5 rings (SSSR count). The third-order valence-electron chi connectivity index (χ3n) is 17.9. The second-order valence-corrected chi connectivity index (χ2v) is 26.1. The number of primary amides is 1. The number of hydrogen-bond acceptors (Lipinski definition) is 15. The highest BCUT2D eigenvalue weighted by atomic mass is 32.2. The third kappa shape index (κ3) is 23.1. The molecule has 2 unspecified atom stereocenters. The average molecular weight is 1320 g/mol. The second kappa shape index (κ2) is 39.3. The lowest BCUT2D eigenvalue weighted by molar-refractivity contribution is -0.145. The van der Waals surface area contributed by atoms with Crippen molar-refractivity contribution in [2.75, 3.05) is 66.4 Å². The van der Waals surface area contributed by atoms with Crippen LogP contribution in [-0.2, 0) is 62.5 Å². The number of carbonyl (C=O) groups is 8. The van der Waals surface area contributed by atoms with Crippen LogP contribution in [0, 0.1) is 17.8 Å². The van der Waals surface area contributed by atoms with Crippen molar-refractivity contribution in [1.29, 1.82) is 0 Å². The van der Waals surface area contributed by atoms with Crippen molar-refractivity contribution >= 4 is 75.9 Å². The van der Waals surface area contributed by atoms with E-state index in [1.54, 1.807) is 73.2 Å². The molecule has 518 valence electrons. The number of likely N-dealkylation sites (N-methyl/N-ethyl adjacent to an activating group) is 2. The van der Waals surface area contributed by atoms with Gasteiger partial charge in [-0.15, -0.1) is 11.8 Å². The number of nitrogens with zero attached hydrogens (tertiary/aromatic N) is 6. The van der Waals surface area contributed by atoms with Gasteiger partial charge in [0.1, 0.15) is 29.1 Å². The minimum absolute atomic E-state index is 0.000914. The summed E-state index contributed by atoms with van der Waals surface area (Å²) in [6.07, 6.45) is 7.47. The van der Waals surface area contributed by atoms with E-state index in [0.717, 1.165) is 53.1 Å². The van der Waals surface area contributed by atoms with Crippen LogP contribution in [0.3, 0.4) is 0 Å². The molecule has 0 aliphatic carbocycles. The molecule has 1 fully saturated rings. The van der Waals surface area contributed by atoms with Gasteiger partial charge in [0.15, 0.2) is 0 Å². The first-order valence-corrected chi connectivity index (χ1v) is 34.2. The predicted molar refractivity (Wildman–Crippen MR) is 368 cm³/mol. The van der Waals surface area contributed by atoms with E-state index in [0.29, 0.717) is 55.3 Å². The monoisotopic (exact) mass is 1320 g/mol. The highest BCUT2D eigenvalue weighted by molar-refractivity contribution is 8.00. The molecule has 94 heavy (non-hydrogen) atoms. The highest BCUT2D eigenvalue weighted by Crippen LogP contribution is 2.32. The van der Waals surface area contributed by atoms with E-state index in [9.17, 15) is 38.4 Å². The fraction of sp³-hybridized carbons (Fsp3) is 0.594. The van der Waals surface area contributed by atoms with Gasteiger partial charge in [0.05, 0.1) is 61.1 Å². The van der Waals surface area contributed by atoms with Gasteiger partial charge in [-0.05, 0) is 99.7 Å². The molecule has 1 aliphatic rings. The van der Waals surface area contributed by atoms with Gasteiger partial charge in [-0.1, -0.05) is 111 Å². The average Bonchev–Trinajstić information content (AvgIpc) is 1.60. The van der Waals surface area contributed by atoms with E-state index in [-0.39, 0.29) is 87.5 Å². The number of aromatic nitrogens is 3. The number of likely N-dealkylation sites (tertiary alicyclic amines) is 1. The number of nitrogens with one attached hydrogen (secondary N) is 7. The maximum absolute atomic E-state index is 14.5. The summed E-state index contributed by atoms with van der Waals surface area (Å²) in [4.78, 5) is 123. The molecule has 1 aliphatic heterocycles. The number of nitrogens with two attached hydrogens (primary N) is 1. The van der Waals surface area contributed by atoms with Crippen LogP contribution in [0.2, 0.25) is 0 Å². The Labute approximate surface area is 560 Å². The number of anilines is 1. The summed E-state index contributed by atoms with van der Waals surface area (Å²) in [5, 5.41) is 22.3. The molecular formula is C69H106N14O10S. The Morgan fingerprint density at radius 1 is 0.777 bits per heavy atom. The van der Waals surface area contributed by atoms with Gasteiger partial charge in [-0.3, -0.25) is 38.5 Å². The third-order valence-corrected chi connectivity index (χ3v) is 19.5. The number of amides is 9. The summed E-state index contributed by atoms with van der Waals surface area (Å²) in [5.41, 5.74) is 8.72. The standard InChI is InChI=1S/C69H106N14O10S/c1-14-45(7)62(81(11)60(87)42-72-47(9)61(44(5)6)80(10)17-4)56(92-12)39-59(86)83-36-22-27-55(83)63(93-13)46(8)65(88)79-54(38-48-24-19-18-20-25-48)66(89)74-40-49-29-31-50(32-30-49)77-67(90)53(26-21-34-71-69(70)91)78-58(85)41-73-57(84)28-23-35-82-37-33-52-64(82)75-43-76-68(52)94-51(15-2)16-3/h18-20,24-25,29-33,37,43-46,51,53-56,61-63,72H,9,14-17,21-23,26-28,34-36,38-42H2,1-8,10-13H3,(H,73,84)(H,74,89)(H,77,90)(H,78,85)(H,79,88)(H3,70,71,91)/t45-,46+,53-,54-,55-,56+,61?,62?,63+/m0/s1. The Morgan fingerprint density at radius 3 is 2.13 bits per heavy atom. The Hall–Kier alpha value is -7.61. The molecule has 0 saturated carbocycles. The number of carbonyl (C=O) groups excluding carboxylic acids is 8. The van der Waals surface area contributed by atoms with Gasteiger partial charge < -0.3 is 66.8 Å². The van der Waals surface area contributed by atoms with Crippen molar-refractivity contribution in [1.82, 2.24) is 61.1 Å². The number of benzene rings is 2. The van der Waals surface area contributed by atoms with Crippen LogP contribution < -0.4 is 43.0 Å². The fourth-order valence-electron chi connectivity index (χ4n) is 12.3. The van der Waals surface area contributed by atoms with Crippen LogP contribution in [0.1, 0.15) is 131 Å². The lowest BCUT2D eigenvalue weighted by atomic mass is 9.90. The lowest BCUT2D eigenvalue weighted by Crippen LogP contribution is -2.55. The minimum atomic E-state index is -1.04. The molecule has 9 atom stereocenters. The summed E-state index contributed by atoms with van der Waals surface area (Å²) in [7, 11) is 6.88. The van der Waals surface area contributed by atoms with Crippen LogP contribution in [0.5, 0.6) is 0 Å². The maximum Gasteiger partial charge on any atom is 0.312 e. The number of methoxy groups -OCH3 is 2. The summed E-state index contributed by atoms with van der Waals surface area (Å²) >= 11 is 1.74. The zero-order valence-electron chi connectivity index (χ0n) is 57.5. The van der Waals surface area contributed by atoms with Crippen molar-refractivity contribution in [3.63, 3.8) is 0 Å². The quantitative estimate of drug-likeness (QED) is 0.0133. The Bertz CT molecular complexity index is 3090. The second-order valence-electron chi connectivity index (χ2n) is 24.9. The number of ether oxygens (including phenoxy) is 2. The number of aryl methyl sites for hydroxylation is 1. The van der Waals surface area contributed by atoms with Crippen LogP contribution in [0.15, 0.2) is 90.5 Å². The van der Waals surface area contributed by atoms with E-state index in [4.69, 9.17) is 15.2 Å². The van der Waals surface area contributed by atoms with Gasteiger partial charge in [0.25, 0.3) is 0 Å². The summed E-state index contributed by atoms with van der Waals surface area (Å²) in [6.45, 7) is 22.5. The Morgan fingerprint density at radius 2 is 1.49 bits per heavy atom. The number of thioether (sulfide) groups is 1. The van der Waals surface area contributed by atoms with Crippen molar-refractivity contribution < 1.29 is 47.8 Å². The van der Waals surface area contributed by atoms with E-state index in [2.05, 4.69) is 100 Å². The number of rotatable bonds is 41. The number of fused-ring (bicyclic) bond motifs is 1. The molecule has 9 amide bonds. The molecule has 0 radical (unpaired) electrons. The molecule has 2 aromatic carbocycles. The molecule has 0 spiro atoms. The SMILES string of the molecule is C=C(NCC(=O)N(C)C([C@@H](C)CC)[C@@H](CC(=O)N1CCC[C@H]1[C@H](OC)[C@@H](C)C(=O)N[C@@H](Cc1ccccc1)C(=O)NCc1ccc(NC(=O)[C@H](CCCNC(N)=O)NC(=O)CNC(=O)CCCn2ccc3c(SC(CC)CC)ncnc32)cc1)OC)C(C(C)C)N(C)CC. The van der Waals surface area contributed by atoms with Crippen molar-refractivity contribution in [3.8, 4) is 0 Å². The Kier molecular flexibility index (Phi) is 32.2. The van der Waals surface area contributed by atoms with Crippen molar-refractivity contribution in [2.45, 2.75) is 192 Å². The van der Waals surface area contributed by atoms with Gasteiger partial charge in [0.2, 0.25) is 41.4 Å². The smallest absolute Gasteiger partial charge is 0.312 e. The van der Waals surface area contributed by atoms with Crippen LogP contribution in [-0.4, -0.2) is 185 Å². The largest absolute Gasteiger partial charge is 0.379 e. The first-order chi connectivity index (χ1) is 45.0. The summed E-state index contributed by atoms with van der Waals surface area (Å²) in [5.74, 6) is -3.18. The van der Waals surface area contributed by atoms with Crippen molar-refractivity contribution in [2.24, 2.45) is 23.5 Å². The first kappa shape index (κ1) is 77.1. The summed E-state index contributed by atoms with van der Waals surface area (Å²) < 4.78 is 14.1. The lowest BCUT2D eigenvalue weighted by Gasteiger charge is -2.39. The molecule has 25 heteroatoms. The van der Waals surface area contributed by atoms with Gasteiger partial charge >= 0.3 is 6.03 Å². The molecule has 0 bridgehead atoms. The molecule has 3 heterocycles. The molecular weight excluding hydrogens is 1220 g/mol. The van der Waals surface area contributed by atoms with Crippen LogP contribution in [0.4, 0.5) is 10.5 Å². The zero-order chi connectivity index (χ0) is 69.0. The van der Waals surface area contributed by atoms with Gasteiger partial charge in [-0.25, -0.2) is 14.8 Å². The predicted octanol–water partition coefficient (Wildman–Crippen LogP) is 6.52. The fourth-order valence-corrected chi connectivity index (χ4v) is 13.3. The highest BCUT2D eigenvalue weighted by Gasteiger charge is 2.43. The van der Waals surface area contributed by atoms with Gasteiger partial charge in [0, 0.05) is 83.1 Å². The molecule has 2 aromatic heterocycles. The van der Waals surface area contributed by atoms with Crippen LogP contribution >= 0.6 is 11.8 Å². The molecule has 9 N–H and O–H groups in total. The normalized spacial score (nSPS) is 15.7. The van der Waals surface area contributed by atoms with E-state index in [1.807, 2.05) is 61.1 Å². The van der Waals surface area contributed by atoms with E-state index >= 15 is 0 Å². The maximum atomic E-state index is 14.5. The first-order valence-electron chi connectivity index (χ1n) is 33.3. The van der Waals surface area contributed by atoms with Crippen LogP contribution in [0.25, 0.3) is 11.0 Å². The topological polar surface area (TPSA) is 306 Å². The van der Waals surface area contributed by atoms with E-state index < -0.39 is 72.0 Å². The number of hydrogen-bond donors (Lipinski definition) is 8. The minimum Gasteiger partial charge on any atom is -0.379 e. The molecule has 24 nitrogen and oxygen atoms in total. The molecule has 4 aromatic rings. The van der Waals surface area contributed by atoms with Crippen molar-refractivity contribution in [3.05, 3.63) is 96.6 Å². The zero-order valence-corrected chi connectivity index (χ0v) is 58.3. The number of urea groups is 1. The van der Waals surface area contributed by atoms with Gasteiger partial charge in [-0.2, -0.15) is 0 Å². The molecule has 1 saturated heterocycles. The summed E-state index contributed by atoms with van der Waals surface area (Å²) in [6, 6.07) is 14.5. The van der Waals surface area contributed by atoms with E-state index in [1.165, 1.54) is 7.11 Å². The Balaban J connectivity index is 1.17.